The molecular formula is C19H30IN3O3. The van der Waals surface area contributed by atoms with Gasteiger partial charge in [-0.3, -0.25) is 9.79 Å². The third kappa shape index (κ3) is 6.66. The highest BCUT2D eigenvalue weighted by Gasteiger charge is 2.27. The number of aliphatic imine (C=N–C) groups is 1. The van der Waals surface area contributed by atoms with Crippen molar-refractivity contribution in [3.63, 3.8) is 0 Å². The van der Waals surface area contributed by atoms with Crippen LogP contribution in [0.2, 0.25) is 0 Å². The van der Waals surface area contributed by atoms with Crippen molar-refractivity contribution in [1.29, 1.82) is 0 Å². The van der Waals surface area contributed by atoms with Crippen molar-refractivity contribution in [1.82, 2.24) is 10.2 Å². The number of hydrogen-bond donors (Lipinski definition) is 1. The first-order valence-corrected chi connectivity index (χ1v) is 8.80. The van der Waals surface area contributed by atoms with Crippen molar-refractivity contribution in [2.75, 3.05) is 33.8 Å². The van der Waals surface area contributed by atoms with Gasteiger partial charge >= 0.3 is 5.97 Å². The molecule has 0 amide bonds. The number of guanidine groups is 1. The number of rotatable bonds is 5. The smallest absolute Gasteiger partial charge is 0.308 e. The quantitative estimate of drug-likeness (QED) is 0.307. The lowest BCUT2D eigenvalue weighted by molar-refractivity contribution is -0.146. The molecule has 146 valence electrons. The number of esters is 1. The van der Waals surface area contributed by atoms with Crippen LogP contribution in [0.25, 0.3) is 0 Å². The molecular weight excluding hydrogens is 445 g/mol. The van der Waals surface area contributed by atoms with Gasteiger partial charge in [-0.1, -0.05) is 17.7 Å². The first kappa shape index (κ1) is 22.5. The zero-order chi connectivity index (χ0) is 18.2. The van der Waals surface area contributed by atoms with Crippen LogP contribution in [0.3, 0.4) is 0 Å². The van der Waals surface area contributed by atoms with Crippen molar-refractivity contribution in [2.24, 2.45) is 10.9 Å². The largest absolute Gasteiger partial charge is 0.489 e. The lowest BCUT2D eigenvalue weighted by atomic mass is 9.97. The summed E-state index contributed by atoms with van der Waals surface area (Å²) in [6.45, 7) is 6.35. The van der Waals surface area contributed by atoms with Crippen molar-refractivity contribution < 1.29 is 14.3 Å². The molecule has 0 radical (unpaired) electrons. The number of piperidine rings is 1. The standard InChI is InChI=1S/C19H29N3O3.HI/c1-14-5-7-17(8-6-14)25-15(2)13-21-19(20-3)22-11-9-16(10-12-22)18(23)24-4;/h5-8,15-16H,9-13H2,1-4H3,(H,20,21);1H. The lowest BCUT2D eigenvalue weighted by Gasteiger charge is -2.33. The van der Waals surface area contributed by atoms with Gasteiger partial charge in [-0.25, -0.2) is 0 Å². The predicted molar refractivity (Wildman–Crippen MR) is 114 cm³/mol. The van der Waals surface area contributed by atoms with E-state index in [0.29, 0.717) is 6.54 Å². The molecule has 0 aliphatic carbocycles. The maximum Gasteiger partial charge on any atom is 0.308 e. The monoisotopic (exact) mass is 475 g/mol. The summed E-state index contributed by atoms with van der Waals surface area (Å²) >= 11 is 0. The third-order valence-electron chi connectivity index (χ3n) is 4.45. The van der Waals surface area contributed by atoms with Crippen LogP contribution >= 0.6 is 24.0 Å². The Hall–Kier alpha value is -1.51. The van der Waals surface area contributed by atoms with Crippen molar-refractivity contribution >= 4 is 35.9 Å². The van der Waals surface area contributed by atoms with Gasteiger partial charge < -0.3 is 19.7 Å². The van der Waals surface area contributed by atoms with Gasteiger partial charge in [0.2, 0.25) is 0 Å². The van der Waals surface area contributed by atoms with Crippen LogP contribution in [0.5, 0.6) is 5.75 Å². The summed E-state index contributed by atoms with van der Waals surface area (Å²) in [6, 6.07) is 8.05. The Morgan fingerprint density at radius 1 is 1.31 bits per heavy atom. The molecule has 1 fully saturated rings. The highest BCUT2D eigenvalue weighted by Crippen LogP contribution is 2.18. The number of nitrogens with zero attached hydrogens (tertiary/aromatic N) is 2. The summed E-state index contributed by atoms with van der Waals surface area (Å²) in [6.07, 6.45) is 1.61. The molecule has 26 heavy (non-hydrogen) atoms. The van der Waals surface area contributed by atoms with Gasteiger partial charge in [-0.05, 0) is 38.8 Å². The molecule has 1 unspecified atom stereocenters. The number of carbonyl (C=O) groups is 1. The normalized spacial score (nSPS) is 16.5. The van der Waals surface area contributed by atoms with E-state index in [1.165, 1.54) is 12.7 Å². The van der Waals surface area contributed by atoms with Gasteiger partial charge in [-0.2, -0.15) is 0 Å². The number of hydrogen-bond acceptors (Lipinski definition) is 4. The van der Waals surface area contributed by atoms with E-state index >= 15 is 0 Å². The van der Waals surface area contributed by atoms with Crippen molar-refractivity contribution in [3.05, 3.63) is 29.8 Å². The Morgan fingerprint density at radius 3 is 2.46 bits per heavy atom. The van der Waals surface area contributed by atoms with Crippen molar-refractivity contribution in [3.8, 4) is 5.75 Å². The van der Waals surface area contributed by atoms with Crippen LogP contribution in [-0.4, -0.2) is 56.7 Å². The minimum absolute atomic E-state index is 0. The predicted octanol–water partition coefficient (Wildman–Crippen LogP) is 2.84. The molecule has 2 rings (SSSR count). The lowest BCUT2D eigenvalue weighted by Crippen LogP contribution is -2.48. The van der Waals surface area contributed by atoms with Gasteiger partial charge in [0.15, 0.2) is 5.96 Å². The second-order valence-electron chi connectivity index (χ2n) is 6.45. The fraction of sp³-hybridized carbons (Fsp3) is 0.579. The second kappa shape index (κ2) is 11.3. The Bertz CT molecular complexity index is 584. The van der Waals surface area contributed by atoms with Crippen LogP contribution in [0.4, 0.5) is 0 Å². The molecule has 1 atom stereocenters. The molecule has 1 aliphatic rings. The summed E-state index contributed by atoms with van der Waals surface area (Å²) in [7, 11) is 3.23. The molecule has 6 nitrogen and oxygen atoms in total. The fourth-order valence-corrected chi connectivity index (χ4v) is 2.95. The second-order valence-corrected chi connectivity index (χ2v) is 6.45. The first-order valence-electron chi connectivity index (χ1n) is 8.80. The van der Waals surface area contributed by atoms with Crippen molar-refractivity contribution in [2.45, 2.75) is 32.8 Å². The number of methoxy groups -OCH3 is 1. The maximum atomic E-state index is 11.6. The number of halogens is 1. The van der Waals surface area contributed by atoms with E-state index in [1.54, 1.807) is 7.05 Å². The molecule has 1 aliphatic heterocycles. The number of benzene rings is 1. The van der Waals surface area contributed by atoms with Crippen LogP contribution in [0, 0.1) is 12.8 Å². The molecule has 1 saturated heterocycles. The van der Waals surface area contributed by atoms with E-state index in [0.717, 1.165) is 37.6 Å². The number of ether oxygens (including phenoxy) is 2. The summed E-state index contributed by atoms with van der Waals surface area (Å²) in [4.78, 5) is 18.2. The zero-order valence-corrected chi connectivity index (χ0v) is 18.4. The van der Waals surface area contributed by atoms with Gasteiger partial charge in [0.1, 0.15) is 11.9 Å². The number of aryl methyl sites for hydroxylation is 1. The first-order chi connectivity index (χ1) is 12.0. The SMILES string of the molecule is CN=C(NCC(C)Oc1ccc(C)cc1)N1CCC(C(=O)OC)CC1.I. The maximum absolute atomic E-state index is 11.6. The Kier molecular flexibility index (Phi) is 9.75. The molecule has 0 saturated carbocycles. The Labute approximate surface area is 173 Å². The number of nitrogens with one attached hydrogen (secondary N) is 1. The van der Waals surface area contributed by atoms with E-state index in [-0.39, 0.29) is 42.0 Å². The molecule has 1 N–H and O–H groups in total. The summed E-state index contributed by atoms with van der Waals surface area (Å²) < 4.78 is 10.8. The van der Waals surface area contributed by atoms with Gasteiger partial charge in [0.05, 0.1) is 19.6 Å². The van der Waals surface area contributed by atoms with E-state index in [2.05, 4.69) is 22.1 Å². The van der Waals surface area contributed by atoms with Crippen LogP contribution in [0.15, 0.2) is 29.3 Å². The van der Waals surface area contributed by atoms with Crippen LogP contribution in [0.1, 0.15) is 25.3 Å². The van der Waals surface area contributed by atoms with Crippen LogP contribution < -0.4 is 10.1 Å². The molecule has 1 aromatic rings. The molecule has 1 heterocycles. The Balaban J connectivity index is 0.00000338. The Morgan fingerprint density at radius 2 is 1.92 bits per heavy atom. The van der Waals surface area contributed by atoms with Gasteiger partial charge in [0, 0.05) is 20.1 Å². The van der Waals surface area contributed by atoms with Crippen LogP contribution in [-0.2, 0) is 9.53 Å². The molecule has 0 aromatic heterocycles. The minimum Gasteiger partial charge on any atom is -0.489 e. The van der Waals surface area contributed by atoms with Gasteiger partial charge in [0.25, 0.3) is 0 Å². The molecule has 0 bridgehead atoms. The third-order valence-corrected chi connectivity index (χ3v) is 4.45. The minimum atomic E-state index is -0.109. The number of likely N-dealkylation sites (tertiary alicyclic amines) is 1. The van der Waals surface area contributed by atoms with Gasteiger partial charge in [-0.15, -0.1) is 24.0 Å². The average molecular weight is 475 g/mol. The topological polar surface area (TPSA) is 63.2 Å². The highest BCUT2D eigenvalue weighted by atomic mass is 127. The van der Waals surface area contributed by atoms with E-state index in [9.17, 15) is 4.79 Å². The molecule has 0 spiro atoms. The molecule has 1 aromatic carbocycles. The summed E-state index contributed by atoms with van der Waals surface area (Å²) in [5, 5.41) is 3.36. The fourth-order valence-electron chi connectivity index (χ4n) is 2.95. The van der Waals surface area contributed by atoms with E-state index in [4.69, 9.17) is 9.47 Å². The zero-order valence-electron chi connectivity index (χ0n) is 16.0. The van der Waals surface area contributed by atoms with E-state index in [1.807, 2.05) is 31.2 Å². The average Bonchev–Trinajstić information content (AvgIpc) is 2.64. The highest BCUT2D eigenvalue weighted by molar-refractivity contribution is 14.0. The number of carbonyl (C=O) groups excluding carboxylic acids is 1. The molecule has 7 heteroatoms. The summed E-state index contributed by atoms with van der Waals surface area (Å²) in [5.41, 5.74) is 1.22. The van der Waals surface area contributed by atoms with E-state index < -0.39 is 0 Å². The summed E-state index contributed by atoms with van der Waals surface area (Å²) in [5.74, 6) is 1.61.